The Morgan fingerprint density at radius 1 is 1.43 bits per heavy atom. The van der Waals surface area contributed by atoms with Crippen LogP contribution in [0.2, 0.25) is 5.02 Å². The third-order valence-electron chi connectivity index (χ3n) is 1.62. The molecule has 0 aliphatic heterocycles. The highest BCUT2D eigenvalue weighted by Crippen LogP contribution is 2.21. The number of nitrogens with zero attached hydrogens (tertiary/aromatic N) is 1. The van der Waals surface area contributed by atoms with Crippen LogP contribution in [-0.4, -0.2) is 20.3 Å². The summed E-state index contributed by atoms with van der Waals surface area (Å²) in [5.41, 5.74) is 0.450. The number of methoxy groups -OCH3 is 1. The van der Waals surface area contributed by atoms with Crippen LogP contribution in [0.4, 0.5) is 0 Å². The number of hydrogen-bond acceptors (Lipinski definition) is 3. The van der Waals surface area contributed by atoms with E-state index in [0.29, 0.717) is 29.5 Å². The molecule has 0 heterocycles. The van der Waals surface area contributed by atoms with Crippen molar-refractivity contribution in [3.63, 3.8) is 0 Å². The maximum Gasteiger partial charge on any atom is 0.120 e. The molecule has 0 N–H and O–H groups in total. The topological polar surface area (TPSA) is 42.2 Å². The second kappa shape index (κ2) is 5.48. The summed E-state index contributed by atoms with van der Waals surface area (Å²) in [5.74, 6) is 0.644. The first kappa shape index (κ1) is 10.8. The van der Waals surface area contributed by atoms with Crippen LogP contribution in [-0.2, 0) is 4.74 Å². The average Bonchev–Trinajstić information content (AvgIpc) is 2.18. The van der Waals surface area contributed by atoms with Crippen LogP contribution < -0.4 is 4.74 Å². The third-order valence-corrected chi connectivity index (χ3v) is 1.93. The average molecular weight is 212 g/mol. The smallest absolute Gasteiger partial charge is 0.120 e. The fourth-order valence-electron chi connectivity index (χ4n) is 0.919. The molecule has 0 saturated carbocycles. The molecular formula is C10H10ClNO2. The van der Waals surface area contributed by atoms with Crippen molar-refractivity contribution in [1.29, 1.82) is 5.26 Å². The van der Waals surface area contributed by atoms with Crippen LogP contribution >= 0.6 is 11.6 Å². The highest BCUT2D eigenvalue weighted by molar-refractivity contribution is 6.31. The molecule has 74 valence electrons. The van der Waals surface area contributed by atoms with Crippen molar-refractivity contribution in [2.24, 2.45) is 0 Å². The predicted molar refractivity (Wildman–Crippen MR) is 53.5 cm³/mol. The van der Waals surface area contributed by atoms with E-state index in [1.54, 1.807) is 25.3 Å². The molecule has 14 heavy (non-hydrogen) atoms. The van der Waals surface area contributed by atoms with Gasteiger partial charge in [-0.2, -0.15) is 5.26 Å². The van der Waals surface area contributed by atoms with Crippen LogP contribution in [0.3, 0.4) is 0 Å². The molecule has 4 heteroatoms. The molecule has 0 aromatic heterocycles. The molecule has 0 atom stereocenters. The minimum Gasteiger partial charge on any atom is -0.491 e. The molecule has 0 unspecified atom stereocenters. The van der Waals surface area contributed by atoms with Crippen molar-refractivity contribution in [3.8, 4) is 11.8 Å². The lowest BCUT2D eigenvalue weighted by Gasteiger charge is -2.05. The van der Waals surface area contributed by atoms with Crippen LogP contribution in [0, 0.1) is 11.3 Å². The van der Waals surface area contributed by atoms with Gasteiger partial charge in [0.15, 0.2) is 0 Å². The summed E-state index contributed by atoms with van der Waals surface area (Å²) >= 11 is 5.81. The number of benzene rings is 1. The molecule has 0 aliphatic rings. The number of ether oxygens (including phenoxy) is 2. The molecule has 0 fully saturated rings. The Hall–Kier alpha value is -1.24. The Balaban J connectivity index is 2.63. The van der Waals surface area contributed by atoms with Gasteiger partial charge in [-0.15, -0.1) is 0 Å². The van der Waals surface area contributed by atoms with Gasteiger partial charge < -0.3 is 9.47 Å². The Labute approximate surface area is 87.8 Å². The van der Waals surface area contributed by atoms with Gasteiger partial charge in [0, 0.05) is 13.2 Å². The summed E-state index contributed by atoms with van der Waals surface area (Å²) in [6.45, 7) is 0.996. The zero-order valence-corrected chi connectivity index (χ0v) is 8.54. The summed E-state index contributed by atoms with van der Waals surface area (Å²) in [6.07, 6.45) is 0. The highest BCUT2D eigenvalue weighted by Gasteiger charge is 2.01. The van der Waals surface area contributed by atoms with E-state index in [1.165, 1.54) is 0 Å². The molecule has 1 rings (SSSR count). The van der Waals surface area contributed by atoms with Crippen LogP contribution in [0.5, 0.6) is 5.75 Å². The summed E-state index contributed by atoms with van der Waals surface area (Å²) in [5, 5.41) is 9.03. The van der Waals surface area contributed by atoms with Gasteiger partial charge in [-0.05, 0) is 12.1 Å². The zero-order chi connectivity index (χ0) is 10.4. The van der Waals surface area contributed by atoms with Gasteiger partial charge in [-0.3, -0.25) is 0 Å². The third kappa shape index (κ3) is 2.91. The maximum absolute atomic E-state index is 8.63. The quantitative estimate of drug-likeness (QED) is 0.718. The summed E-state index contributed by atoms with van der Waals surface area (Å²) in [7, 11) is 1.61. The first-order valence-electron chi connectivity index (χ1n) is 4.09. The first-order valence-corrected chi connectivity index (χ1v) is 4.47. The largest absolute Gasteiger partial charge is 0.491 e. The van der Waals surface area contributed by atoms with Gasteiger partial charge >= 0.3 is 0 Å². The number of nitriles is 1. The Kier molecular flexibility index (Phi) is 4.24. The maximum atomic E-state index is 8.63. The zero-order valence-electron chi connectivity index (χ0n) is 7.79. The lowest BCUT2D eigenvalue weighted by atomic mass is 10.2. The van der Waals surface area contributed by atoms with E-state index in [4.69, 9.17) is 26.3 Å². The van der Waals surface area contributed by atoms with E-state index >= 15 is 0 Å². The minimum absolute atomic E-state index is 0.405. The molecule has 1 aromatic carbocycles. The van der Waals surface area contributed by atoms with Crippen LogP contribution in [0.1, 0.15) is 5.56 Å². The van der Waals surface area contributed by atoms with Crippen molar-refractivity contribution in [1.82, 2.24) is 0 Å². The van der Waals surface area contributed by atoms with Crippen LogP contribution in [0.25, 0.3) is 0 Å². The Morgan fingerprint density at radius 2 is 2.21 bits per heavy atom. The molecule has 0 saturated heterocycles. The predicted octanol–water partition coefficient (Wildman–Crippen LogP) is 2.24. The summed E-state index contributed by atoms with van der Waals surface area (Å²) in [4.78, 5) is 0. The lowest BCUT2D eigenvalue weighted by molar-refractivity contribution is 0.146. The second-order valence-corrected chi connectivity index (χ2v) is 3.00. The SMILES string of the molecule is COCCOc1ccc(C#N)c(Cl)c1. The van der Waals surface area contributed by atoms with Gasteiger partial charge in [0.1, 0.15) is 18.4 Å². The Morgan fingerprint density at radius 3 is 2.79 bits per heavy atom. The number of halogens is 1. The van der Waals surface area contributed by atoms with E-state index < -0.39 is 0 Å². The number of rotatable bonds is 4. The van der Waals surface area contributed by atoms with Crippen molar-refractivity contribution >= 4 is 11.6 Å². The van der Waals surface area contributed by atoms with Crippen molar-refractivity contribution in [2.75, 3.05) is 20.3 Å². The molecule has 0 amide bonds. The van der Waals surface area contributed by atoms with E-state index in [0.717, 1.165) is 0 Å². The molecule has 1 aromatic rings. The van der Waals surface area contributed by atoms with E-state index in [1.807, 2.05) is 6.07 Å². The molecular weight excluding hydrogens is 202 g/mol. The number of hydrogen-bond donors (Lipinski definition) is 0. The van der Waals surface area contributed by atoms with E-state index in [-0.39, 0.29) is 0 Å². The minimum atomic E-state index is 0.405. The molecule has 0 radical (unpaired) electrons. The van der Waals surface area contributed by atoms with Crippen molar-refractivity contribution in [3.05, 3.63) is 28.8 Å². The normalized spacial score (nSPS) is 9.50. The molecule has 3 nitrogen and oxygen atoms in total. The fraction of sp³-hybridized carbons (Fsp3) is 0.300. The van der Waals surface area contributed by atoms with Crippen molar-refractivity contribution in [2.45, 2.75) is 0 Å². The van der Waals surface area contributed by atoms with Gasteiger partial charge in [0.2, 0.25) is 0 Å². The highest BCUT2D eigenvalue weighted by atomic mass is 35.5. The van der Waals surface area contributed by atoms with Crippen LogP contribution in [0.15, 0.2) is 18.2 Å². The lowest BCUT2D eigenvalue weighted by Crippen LogP contribution is -2.04. The van der Waals surface area contributed by atoms with Crippen molar-refractivity contribution < 1.29 is 9.47 Å². The second-order valence-electron chi connectivity index (χ2n) is 2.59. The summed E-state index contributed by atoms with van der Waals surface area (Å²) < 4.78 is 10.1. The van der Waals surface area contributed by atoms with Gasteiger partial charge in [0.05, 0.1) is 17.2 Å². The molecule has 0 aliphatic carbocycles. The summed E-state index contributed by atoms with van der Waals surface area (Å²) in [6, 6.07) is 6.94. The van der Waals surface area contributed by atoms with Gasteiger partial charge in [-0.25, -0.2) is 0 Å². The van der Waals surface area contributed by atoms with Gasteiger partial charge in [-0.1, -0.05) is 11.6 Å². The first-order chi connectivity index (χ1) is 6.77. The monoisotopic (exact) mass is 211 g/mol. The standard InChI is InChI=1S/C10H10ClNO2/c1-13-4-5-14-9-3-2-8(7-12)10(11)6-9/h2-3,6H,4-5H2,1H3. The fourth-order valence-corrected chi connectivity index (χ4v) is 1.13. The molecule has 0 bridgehead atoms. The molecule has 0 spiro atoms. The van der Waals surface area contributed by atoms with Gasteiger partial charge in [0.25, 0.3) is 0 Å². The Bertz CT molecular complexity index is 346. The van der Waals surface area contributed by atoms with E-state index in [2.05, 4.69) is 0 Å². The van der Waals surface area contributed by atoms with E-state index in [9.17, 15) is 0 Å².